The van der Waals surface area contributed by atoms with Crippen molar-refractivity contribution in [3.8, 4) is 0 Å². The molecule has 1 rings (SSSR count). The second-order valence-corrected chi connectivity index (χ2v) is 5.02. The lowest BCUT2D eigenvalue weighted by molar-refractivity contribution is -0.148. The lowest BCUT2D eigenvalue weighted by Crippen LogP contribution is -2.49. The number of esters is 1. The largest absolute Gasteiger partial charge is 0.467 e. The molecule has 0 heterocycles. The van der Waals surface area contributed by atoms with Gasteiger partial charge in [-0.1, -0.05) is 13.8 Å². The molecule has 1 aromatic carbocycles. The first-order chi connectivity index (χ1) is 8.81. The van der Waals surface area contributed by atoms with Crippen LogP contribution in [0.3, 0.4) is 0 Å². The molecule has 1 atom stereocenters. The van der Waals surface area contributed by atoms with Crippen molar-refractivity contribution in [1.29, 1.82) is 0 Å². The van der Waals surface area contributed by atoms with Crippen LogP contribution < -0.4 is 5.32 Å². The Morgan fingerprint density at radius 2 is 2.05 bits per heavy atom. The first-order valence-electron chi connectivity index (χ1n) is 6.10. The molecule has 0 bridgehead atoms. The van der Waals surface area contributed by atoms with E-state index < -0.39 is 23.1 Å². The Balaban J connectivity index is 3.22. The molecular formula is C14H19F2NO2. The third-order valence-electron chi connectivity index (χ3n) is 2.92. The molecule has 1 N–H and O–H groups in total. The Morgan fingerprint density at radius 3 is 2.58 bits per heavy atom. The summed E-state index contributed by atoms with van der Waals surface area (Å²) in [5.41, 5.74) is -1.47. The van der Waals surface area contributed by atoms with Crippen LogP contribution >= 0.6 is 0 Å². The van der Waals surface area contributed by atoms with Crippen molar-refractivity contribution in [1.82, 2.24) is 5.32 Å². The smallest absolute Gasteiger partial charge is 0.330 e. The molecule has 3 nitrogen and oxygen atoms in total. The fourth-order valence-corrected chi connectivity index (χ4v) is 1.77. The van der Waals surface area contributed by atoms with E-state index in [-0.39, 0.29) is 11.5 Å². The summed E-state index contributed by atoms with van der Waals surface area (Å²) in [6.45, 7) is 5.86. The highest BCUT2D eigenvalue weighted by molar-refractivity contribution is 5.82. The van der Waals surface area contributed by atoms with Crippen LogP contribution in [0.4, 0.5) is 8.78 Å². The van der Waals surface area contributed by atoms with Gasteiger partial charge in [-0.25, -0.2) is 13.6 Å². The molecule has 19 heavy (non-hydrogen) atoms. The monoisotopic (exact) mass is 271 g/mol. The quantitative estimate of drug-likeness (QED) is 0.837. The highest BCUT2D eigenvalue weighted by Crippen LogP contribution is 2.26. The summed E-state index contributed by atoms with van der Waals surface area (Å²) >= 11 is 0. The van der Waals surface area contributed by atoms with E-state index in [2.05, 4.69) is 5.32 Å². The molecule has 106 valence electrons. The zero-order chi connectivity index (χ0) is 14.6. The molecule has 0 amide bonds. The van der Waals surface area contributed by atoms with Crippen LogP contribution in [0.15, 0.2) is 18.2 Å². The summed E-state index contributed by atoms with van der Waals surface area (Å²) in [6.07, 6.45) is 0. The number of hydrogen-bond acceptors (Lipinski definition) is 3. The molecule has 1 unspecified atom stereocenters. The Kier molecular flexibility index (Phi) is 5.00. The SMILES string of the molecule is COC(=O)C(C)(NCC(C)C)c1cc(F)ccc1F. The highest BCUT2D eigenvalue weighted by Gasteiger charge is 2.38. The van der Waals surface area contributed by atoms with E-state index >= 15 is 0 Å². The predicted octanol–water partition coefficient (Wildman–Crippen LogP) is 2.60. The standard InChI is InChI=1S/C14H19F2NO2/c1-9(2)8-17-14(3,13(18)19-4)11-7-10(15)5-6-12(11)16/h5-7,9,17H,8H2,1-4H3. The topological polar surface area (TPSA) is 38.3 Å². The third-order valence-corrected chi connectivity index (χ3v) is 2.92. The first kappa shape index (κ1) is 15.6. The van der Waals surface area contributed by atoms with Crippen LogP contribution in [0.2, 0.25) is 0 Å². The van der Waals surface area contributed by atoms with Gasteiger partial charge in [0, 0.05) is 5.56 Å². The Morgan fingerprint density at radius 1 is 1.42 bits per heavy atom. The van der Waals surface area contributed by atoms with Crippen molar-refractivity contribution in [3.05, 3.63) is 35.4 Å². The predicted molar refractivity (Wildman–Crippen MR) is 68.6 cm³/mol. The van der Waals surface area contributed by atoms with Gasteiger partial charge >= 0.3 is 5.97 Å². The van der Waals surface area contributed by atoms with Crippen molar-refractivity contribution in [3.63, 3.8) is 0 Å². The van der Waals surface area contributed by atoms with E-state index in [0.717, 1.165) is 18.2 Å². The van der Waals surface area contributed by atoms with E-state index in [1.54, 1.807) is 0 Å². The maximum absolute atomic E-state index is 13.9. The molecule has 0 aromatic heterocycles. The molecule has 0 aliphatic carbocycles. The average molecular weight is 271 g/mol. The number of rotatable bonds is 5. The average Bonchev–Trinajstić information content (AvgIpc) is 2.37. The minimum atomic E-state index is -1.41. The molecule has 5 heteroatoms. The number of ether oxygens (including phenoxy) is 1. The maximum Gasteiger partial charge on any atom is 0.330 e. The summed E-state index contributed by atoms with van der Waals surface area (Å²) in [7, 11) is 1.22. The van der Waals surface area contributed by atoms with E-state index in [9.17, 15) is 13.6 Å². The molecule has 1 aromatic rings. The van der Waals surface area contributed by atoms with Gasteiger partial charge < -0.3 is 4.74 Å². The Labute approximate surface area is 112 Å². The van der Waals surface area contributed by atoms with Gasteiger partial charge in [0.2, 0.25) is 0 Å². The van der Waals surface area contributed by atoms with Crippen molar-refractivity contribution in [2.24, 2.45) is 5.92 Å². The molecule has 0 radical (unpaired) electrons. The number of carbonyl (C=O) groups is 1. The Bertz CT molecular complexity index is 463. The van der Waals surface area contributed by atoms with Gasteiger partial charge in [0.1, 0.15) is 17.2 Å². The van der Waals surface area contributed by atoms with Gasteiger partial charge in [-0.05, 0) is 37.6 Å². The molecular weight excluding hydrogens is 252 g/mol. The van der Waals surface area contributed by atoms with Crippen LogP contribution in [0, 0.1) is 17.6 Å². The van der Waals surface area contributed by atoms with E-state index in [1.807, 2.05) is 13.8 Å². The summed E-state index contributed by atoms with van der Waals surface area (Å²) in [5.74, 6) is -1.65. The van der Waals surface area contributed by atoms with Crippen LogP contribution in [0.5, 0.6) is 0 Å². The van der Waals surface area contributed by atoms with Gasteiger partial charge in [0.25, 0.3) is 0 Å². The van der Waals surface area contributed by atoms with Crippen LogP contribution in [-0.4, -0.2) is 19.6 Å². The van der Waals surface area contributed by atoms with Gasteiger partial charge in [-0.2, -0.15) is 0 Å². The molecule has 0 fully saturated rings. The fraction of sp³-hybridized carbons (Fsp3) is 0.500. The minimum absolute atomic E-state index is 0.0556. The summed E-state index contributed by atoms with van der Waals surface area (Å²) < 4.78 is 31.9. The van der Waals surface area contributed by atoms with Crippen molar-refractivity contribution in [2.45, 2.75) is 26.3 Å². The zero-order valence-electron chi connectivity index (χ0n) is 11.6. The van der Waals surface area contributed by atoms with Crippen molar-refractivity contribution in [2.75, 3.05) is 13.7 Å². The van der Waals surface area contributed by atoms with Crippen LogP contribution in [-0.2, 0) is 15.1 Å². The summed E-state index contributed by atoms with van der Waals surface area (Å²) in [4.78, 5) is 11.9. The molecule has 0 spiro atoms. The van der Waals surface area contributed by atoms with E-state index in [1.165, 1.54) is 14.0 Å². The number of halogens is 2. The molecule has 0 saturated carbocycles. The Hall–Kier alpha value is -1.49. The molecule has 0 aliphatic heterocycles. The maximum atomic E-state index is 13.9. The second-order valence-electron chi connectivity index (χ2n) is 5.02. The lowest BCUT2D eigenvalue weighted by atomic mass is 9.90. The molecule has 0 saturated heterocycles. The number of methoxy groups -OCH3 is 1. The normalized spacial score (nSPS) is 14.3. The van der Waals surface area contributed by atoms with Gasteiger partial charge in [-0.15, -0.1) is 0 Å². The molecule has 0 aliphatic rings. The van der Waals surface area contributed by atoms with Gasteiger partial charge in [0.15, 0.2) is 0 Å². The van der Waals surface area contributed by atoms with Crippen molar-refractivity contribution < 1.29 is 18.3 Å². The third kappa shape index (κ3) is 3.50. The second kappa shape index (κ2) is 6.10. The fourth-order valence-electron chi connectivity index (χ4n) is 1.77. The van der Waals surface area contributed by atoms with Crippen LogP contribution in [0.25, 0.3) is 0 Å². The zero-order valence-corrected chi connectivity index (χ0v) is 11.6. The number of benzene rings is 1. The number of nitrogens with one attached hydrogen (secondary N) is 1. The van der Waals surface area contributed by atoms with Crippen molar-refractivity contribution >= 4 is 5.97 Å². The van der Waals surface area contributed by atoms with E-state index in [0.29, 0.717) is 6.54 Å². The van der Waals surface area contributed by atoms with Crippen LogP contribution in [0.1, 0.15) is 26.3 Å². The number of hydrogen-bond donors (Lipinski definition) is 1. The minimum Gasteiger partial charge on any atom is -0.467 e. The lowest BCUT2D eigenvalue weighted by Gasteiger charge is -2.29. The van der Waals surface area contributed by atoms with Gasteiger partial charge in [0.05, 0.1) is 7.11 Å². The first-order valence-corrected chi connectivity index (χ1v) is 6.10. The summed E-state index contributed by atoms with van der Waals surface area (Å²) in [5, 5.41) is 2.95. The van der Waals surface area contributed by atoms with Gasteiger partial charge in [-0.3, -0.25) is 5.32 Å². The summed E-state index contributed by atoms with van der Waals surface area (Å²) in [6, 6.07) is 3.03. The number of carbonyl (C=O) groups excluding carboxylic acids is 1. The van der Waals surface area contributed by atoms with E-state index in [4.69, 9.17) is 4.74 Å². The highest BCUT2D eigenvalue weighted by atomic mass is 19.1.